The highest BCUT2D eigenvalue weighted by atomic mass is 33.1. The second-order valence-electron chi connectivity index (χ2n) is 7.85. The molecule has 24 heavy (non-hydrogen) atoms. The van der Waals surface area contributed by atoms with Gasteiger partial charge in [-0.3, -0.25) is 4.79 Å². The second-order valence-corrected chi connectivity index (χ2v) is 10.6. The third kappa shape index (κ3) is 5.31. The quantitative estimate of drug-likeness (QED) is 0.489. The summed E-state index contributed by atoms with van der Waals surface area (Å²) in [5, 5.41) is 0.849. The number of unbranched alkanes of at least 4 members (excludes halogenated alkanes) is 1. The molecular weight excluding hydrogens is 336 g/mol. The summed E-state index contributed by atoms with van der Waals surface area (Å²) in [4.78, 5) is 17.2. The van der Waals surface area contributed by atoms with Crippen molar-refractivity contribution in [2.75, 3.05) is 32.4 Å². The highest BCUT2D eigenvalue weighted by molar-refractivity contribution is 8.77. The Morgan fingerprint density at radius 3 is 2.83 bits per heavy atom. The number of amides is 1. The lowest BCUT2D eigenvalue weighted by atomic mass is 9.83. The lowest BCUT2D eigenvalue weighted by molar-refractivity contribution is -0.131. The summed E-state index contributed by atoms with van der Waals surface area (Å²) in [7, 11) is 6.11. The molecule has 1 unspecified atom stereocenters. The molecule has 0 aromatic carbocycles. The largest absolute Gasteiger partial charge is 0.345 e. The van der Waals surface area contributed by atoms with Gasteiger partial charge in [0.25, 0.3) is 0 Å². The Morgan fingerprint density at radius 2 is 2.00 bits per heavy atom. The van der Waals surface area contributed by atoms with Gasteiger partial charge in [0.05, 0.1) is 0 Å². The van der Waals surface area contributed by atoms with E-state index in [1.165, 1.54) is 70.2 Å². The highest BCUT2D eigenvalue weighted by Gasteiger charge is 2.33. The summed E-state index contributed by atoms with van der Waals surface area (Å²) in [6.07, 6.45) is 12.4. The first-order valence-corrected chi connectivity index (χ1v) is 12.4. The van der Waals surface area contributed by atoms with Crippen molar-refractivity contribution in [3.8, 4) is 0 Å². The normalized spacial score (nSPS) is 31.0. The standard InChI is InChI=1S/C19H34N2OS2/c1-20(19(22)10-3-2-8-17-11-14-23-24-17)15-16-7-6-13-21-12-5-4-9-18(16)21/h16-18H,2-15H2,1H3/t16-,17?,18+/m0/s1. The van der Waals surface area contributed by atoms with Crippen LogP contribution in [-0.2, 0) is 4.79 Å². The number of rotatable bonds is 7. The Balaban J connectivity index is 1.35. The van der Waals surface area contributed by atoms with Crippen molar-refractivity contribution < 1.29 is 4.79 Å². The molecule has 3 nitrogen and oxygen atoms in total. The smallest absolute Gasteiger partial charge is 0.222 e. The maximum Gasteiger partial charge on any atom is 0.222 e. The van der Waals surface area contributed by atoms with E-state index >= 15 is 0 Å². The van der Waals surface area contributed by atoms with Gasteiger partial charge >= 0.3 is 0 Å². The summed E-state index contributed by atoms with van der Waals surface area (Å²) in [5.74, 6) is 2.40. The summed E-state index contributed by atoms with van der Waals surface area (Å²) in [6.45, 7) is 3.56. The van der Waals surface area contributed by atoms with Crippen LogP contribution in [0.25, 0.3) is 0 Å². The average Bonchev–Trinajstić information content (AvgIpc) is 3.12. The predicted octanol–water partition coefficient (Wildman–Crippen LogP) is 4.42. The number of piperidine rings is 2. The first-order chi connectivity index (χ1) is 11.7. The highest BCUT2D eigenvalue weighted by Crippen LogP contribution is 2.40. The van der Waals surface area contributed by atoms with Crippen molar-refractivity contribution >= 4 is 27.5 Å². The fourth-order valence-electron chi connectivity index (χ4n) is 4.65. The van der Waals surface area contributed by atoms with Crippen molar-refractivity contribution in [2.24, 2.45) is 5.92 Å². The number of nitrogens with zero attached hydrogens (tertiary/aromatic N) is 2. The summed E-state index contributed by atoms with van der Waals surface area (Å²) in [5.41, 5.74) is 0. The Labute approximate surface area is 156 Å². The van der Waals surface area contributed by atoms with E-state index in [4.69, 9.17) is 0 Å². The van der Waals surface area contributed by atoms with E-state index in [0.29, 0.717) is 11.8 Å². The molecule has 3 fully saturated rings. The molecule has 0 bridgehead atoms. The Bertz CT molecular complexity index is 399. The van der Waals surface area contributed by atoms with Gasteiger partial charge in [0, 0.05) is 37.1 Å². The Kier molecular flexibility index (Phi) is 7.66. The van der Waals surface area contributed by atoms with Gasteiger partial charge in [0.1, 0.15) is 0 Å². The van der Waals surface area contributed by atoms with E-state index in [-0.39, 0.29) is 0 Å². The van der Waals surface area contributed by atoms with E-state index in [1.54, 1.807) is 0 Å². The number of carbonyl (C=O) groups excluding carboxylic acids is 1. The third-order valence-corrected chi connectivity index (χ3v) is 9.06. The average molecular weight is 371 g/mol. The second kappa shape index (κ2) is 9.72. The van der Waals surface area contributed by atoms with E-state index in [1.807, 2.05) is 22.7 Å². The van der Waals surface area contributed by atoms with Crippen molar-refractivity contribution in [3.63, 3.8) is 0 Å². The Morgan fingerprint density at radius 1 is 1.12 bits per heavy atom. The third-order valence-electron chi connectivity index (χ3n) is 6.06. The maximum absolute atomic E-state index is 12.5. The van der Waals surface area contributed by atoms with Gasteiger partial charge < -0.3 is 9.80 Å². The molecule has 3 aliphatic rings. The lowest BCUT2D eigenvalue weighted by Gasteiger charge is -2.45. The van der Waals surface area contributed by atoms with Crippen molar-refractivity contribution in [1.82, 2.24) is 9.80 Å². The van der Waals surface area contributed by atoms with Crippen LogP contribution in [0.15, 0.2) is 0 Å². The first kappa shape index (κ1) is 18.9. The first-order valence-electron chi connectivity index (χ1n) is 10.0. The molecule has 0 N–H and O–H groups in total. The van der Waals surface area contributed by atoms with Crippen LogP contribution >= 0.6 is 21.6 Å². The lowest BCUT2D eigenvalue weighted by Crippen LogP contribution is -2.51. The molecule has 3 heterocycles. The molecule has 0 aromatic rings. The van der Waals surface area contributed by atoms with Crippen LogP contribution in [0.1, 0.15) is 64.2 Å². The molecule has 0 aliphatic carbocycles. The van der Waals surface area contributed by atoms with Gasteiger partial charge in [-0.2, -0.15) is 0 Å². The van der Waals surface area contributed by atoms with E-state index in [9.17, 15) is 4.79 Å². The van der Waals surface area contributed by atoms with Crippen molar-refractivity contribution in [2.45, 2.75) is 75.5 Å². The Hall–Kier alpha value is 0.130. The molecule has 5 heteroatoms. The molecule has 138 valence electrons. The fraction of sp³-hybridized carbons (Fsp3) is 0.947. The maximum atomic E-state index is 12.5. The molecule has 3 atom stereocenters. The van der Waals surface area contributed by atoms with Gasteiger partial charge in [-0.1, -0.05) is 34.4 Å². The van der Waals surface area contributed by atoms with Crippen LogP contribution in [0.5, 0.6) is 0 Å². The van der Waals surface area contributed by atoms with Gasteiger partial charge in [-0.15, -0.1) is 0 Å². The minimum Gasteiger partial charge on any atom is -0.345 e. The number of fused-ring (bicyclic) bond motifs is 1. The van der Waals surface area contributed by atoms with E-state index in [2.05, 4.69) is 15.7 Å². The zero-order valence-electron chi connectivity index (χ0n) is 15.3. The fourth-order valence-corrected chi connectivity index (χ4v) is 7.67. The van der Waals surface area contributed by atoms with Crippen LogP contribution in [0.3, 0.4) is 0 Å². The summed E-state index contributed by atoms with van der Waals surface area (Å²) < 4.78 is 0. The summed E-state index contributed by atoms with van der Waals surface area (Å²) in [6, 6.07) is 0.750. The number of hydrogen-bond acceptors (Lipinski definition) is 4. The minimum absolute atomic E-state index is 0.372. The van der Waals surface area contributed by atoms with E-state index in [0.717, 1.165) is 30.7 Å². The number of hydrogen-bond donors (Lipinski definition) is 0. The zero-order chi connectivity index (χ0) is 16.8. The molecule has 0 radical (unpaired) electrons. The molecule has 3 saturated heterocycles. The molecule has 1 amide bonds. The zero-order valence-corrected chi connectivity index (χ0v) is 16.9. The van der Waals surface area contributed by atoms with Crippen LogP contribution in [0.4, 0.5) is 0 Å². The molecule has 3 rings (SSSR count). The molecule has 0 spiro atoms. The molecular formula is C19H34N2OS2. The van der Waals surface area contributed by atoms with Gasteiger partial charge in [-0.05, 0) is 64.0 Å². The van der Waals surface area contributed by atoms with Gasteiger partial charge in [0.15, 0.2) is 0 Å². The predicted molar refractivity (Wildman–Crippen MR) is 106 cm³/mol. The number of carbonyl (C=O) groups is 1. The molecule has 0 saturated carbocycles. The van der Waals surface area contributed by atoms with Crippen LogP contribution in [-0.4, -0.2) is 59.4 Å². The van der Waals surface area contributed by atoms with Gasteiger partial charge in [0.2, 0.25) is 5.91 Å². The molecule has 3 aliphatic heterocycles. The van der Waals surface area contributed by atoms with Crippen LogP contribution in [0, 0.1) is 5.92 Å². The van der Waals surface area contributed by atoms with Gasteiger partial charge in [-0.25, -0.2) is 0 Å². The van der Waals surface area contributed by atoms with Crippen LogP contribution < -0.4 is 0 Å². The van der Waals surface area contributed by atoms with Crippen molar-refractivity contribution in [1.29, 1.82) is 0 Å². The monoisotopic (exact) mass is 370 g/mol. The molecule has 0 aromatic heterocycles. The van der Waals surface area contributed by atoms with E-state index < -0.39 is 0 Å². The minimum atomic E-state index is 0.372. The topological polar surface area (TPSA) is 23.6 Å². The van der Waals surface area contributed by atoms with Crippen LogP contribution in [0.2, 0.25) is 0 Å². The SMILES string of the molecule is CN(C[C@@H]1CCCN2CCCC[C@H]12)C(=O)CCCCC1CCSS1. The van der Waals surface area contributed by atoms with Crippen molar-refractivity contribution in [3.05, 3.63) is 0 Å². The summed E-state index contributed by atoms with van der Waals surface area (Å²) >= 11 is 0.